The first-order chi connectivity index (χ1) is 13.1. The van der Waals surface area contributed by atoms with Gasteiger partial charge in [0.05, 0.1) is 18.4 Å². The molecule has 7 nitrogen and oxygen atoms in total. The number of carbonyl (C=O) groups is 1. The first-order valence-electron chi connectivity index (χ1n) is 8.48. The molecule has 0 fully saturated rings. The summed E-state index contributed by atoms with van der Waals surface area (Å²) in [7, 11) is 1.56. The molecule has 0 unspecified atom stereocenters. The molecule has 3 rings (SSSR count). The molecular weight excluding hydrogens is 346 g/mol. The molecule has 0 bridgehead atoms. The first-order valence-corrected chi connectivity index (χ1v) is 8.48. The molecule has 0 aliphatic heterocycles. The SMILES string of the molecule is COc1cc(CNC(=O)c2ccc(OCc3c(C)noc3C)cc2)ccn1. The van der Waals surface area contributed by atoms with Gasteiger partial charge in [0, 0.05) is 24.4 Å². The number of nitrogens with one attached hydrogen (secondary N) is 1. The number of aromatic nitrogens is 2. The standard InChI is InChI=1S/C20H21N3O4/c1-13-18(14(2)27-23-13)12-26-17-6-4-16(5-7-17)20(24)22-11-15-8-9-21-19(10-15)25-3/h4-10H,11-12H2,1-3H3,(H,22,24). The van der Waals surface area contributed by atoms with Gasteiger partial charge in [0.1, 0.15) is 18.1 Å². The highest BCUT2D eigenvalue weighted by Gasteiger charge is 2.10. The summed E-state index contributed by atoms with van der Waals surface area (Å²) in [5.41, 5.74) is 3.22. The number of hydrogen-bond acceptors (Lipinski definition) is 6. The zero-order valence-electron chi connectivity index (χ0n) is 15.5. The van der Waals surface area contributed by atoms with Crippen LogP contribution >= 0.6 is 0 Å². The number of carbonyl (C=O) groups excluding carboxylic acids is 1. The minimum atomic E-state index is -0.164. The molecule has 2 heterocycles. The van der Waals surface area contributed by atoms with Gasteiger partial charge in [-0.25, -0.2) is 4.98 Å². The maximum atomic E-state index is 12.3. The Labute approximate surface area is 157 Å². The maximum Gasteiger partial charge on any atom is 0.251 e. The lowest BCUT2D eigenvalue weighted by Crippen LogP contribution is -2.22. The number of pyridine rings is 1. The fourth-order valence-electron chi connectivity index (χ4n) is 2.52. The van der Waals surface area contributed by atoms with Crippen LogP contribution in [0.3, 0.4) is 0 Å². The van der Waals surface area contributed by atoms with Crippen LogP contribution in [0.5, 0.6) is 11.6 Å². The van der Waals surface area contributed by atoms with Crippen LogP contribution in [-0.2, 0) is 13.2 Å². The minimum Gasteiger partial charge on any atom is -0.489 e. The highest BCUT2D eigenvalue weighted by atomic mass is 16.5. The molecule has 0 saturated carbocycles. The fraction of sp³-hybridized carbons (Fsp3) is 0.250. The van der Waals surface area contributed by atoms with Crippen LogP contribution in [0, 0.1) is 13.8 Å². The van der Waals surface area contributed by atoms with Crippen molar-refractivity contribution in [3.63, 3.8) is 0 Å². The van der Waals surface area contributed by atoms with Crippen molar-refractivity contribution in [2.24, 2.45) is 0 Å². The van der Waals surface area contributed by atoms with E-state index in [1.54, 1.807) is 43.6 Å². The van der Waals surface area contributed by atoms with Crippen molar-refractivity contribution < 1.29 is 18.8 Å². The number of ether oxygens (including phenoxy) is 2. The third-order valence-corrected chi connectivity index (χ3v) is 4.14. The molecule has 0 aliphatic carbocycles. The summed E-state index contributed by atoms with van der Waals surface area (Å²) in [5, 5.41) is 6.77. The van der Waals surface area contributed by atoms with E-state index in [-0.39, 0.29) is 5.91 Å². The Morgan fingerprint density at radius 2 is 1.96 bits per heavy atom. The molecular formula is C20H21N3O4. The van der Waals surface area contributed by atoms with Gasteiger partial charge in [-0.05, 0) is 49.7 Å². The Hall–Kier alpha value is -3.35. The third-order valence-electron chi connectivity index (χ3n) is 4.14. The van der Waals surface area contributed by atoms with Crippen LogP contribution in [0.15, 0.2) is 47.1 Å². The summed E-state index contributed by atoms with van der Waals surface area (Å²) >= 11 is 0. The summed E-state index contributed by atoms with van der Waals surface area (Å²) in [4.78, 5) is 16.3. The lowest BCUT2D eigenvalue weighted by atomic mass is 10.2. The number of nitrogens with zero attached hydrogens (tertiary/aromatic N) is 2. The Kier molecular flexibility index (Phi) is 5.71. The lowest BCUT2D eigenvalue weighted by molar-refractivity contribution is 0.0951. The molecule has 0 atom stereocenters. The summed E-state index contributed by atoms with van der Waals surface area (Å²) < 4.78 is 15.9. The fourth-order valence-corrected chi connectivity index (χ4v) is 2.52. The molecule has 27 heavy (non-hydrogen) atoms. The molecule has 3 aromatic rings. The summed E-state index contributed by atoms with van der Waals surface area (Å²) in [6, 6.07) is 10.6. The molecule has 1 amide bonds. The molecule has 2 aromatic heterocycles. The van der Waals surface area contributed by atoms with Crippen molar-refractivity contribution in [3.8, 4) is 11.6 Å². The largest absolute Gasteiger partial charge is 0.489 e. The number of amides is 1. The van der Waals surface area contributed by atoms with E-state index < -0.39 is 0 Å². The van der Waals surface area contributed by atoms with Crippen molar-refractivity contribution in [3.05, 3.63) is 70.7 Å². The van der Waals surface area contributed by atoms with E-state index in [2.05, 4.69) is 15.5 Å². The van der Waals surface area contributed by atoms with Crippen molar-refractivity contribution in [2.45, 2.75) is 27.0 Å². The average molecular weight is 367 g/mol. The predicted molar refractivity (Wildman–Crippen MR) is 98.7 cm³/mol. The van der Waals surface area contributed by atoms with Gasteiger partial charge in [0.25, 0.3) is 5.91 Å². The zero-order valence-corrected chi connectivity index (χ0v) is 15.5. The normalized spacial score (nSPS) is 10.5. The van der Waals surface area contributed by atoms with Crippen LogP contribution in [-0.4, -0.2) is 23.2 Å². The zero-order chi connectivity index (χ0) is 19.2. The van der Waals surface area contributed by atoms with Gasteiger partial charge in [-0.1, -0.05) is 5.16 Å². The van der Waals surface area contributed by atoms with Crippen LogP contribution in [0.25, 0.3) is 0 Å². The highest BCUT2D eigenvalue weighted by molar-refractivity contribution is 5.94. The van der Waals surface area contributed by atoms with E-state index in [0.29, 0.717) is 30.3 Å². The second-order valence-electron chi connectivity index (χ2n) is 6.00. The first kappa shape index (κ1) is 18.4. The second kappa shape index (κ2) is 8.35. The van der Waals surface area contributed by atoms with Gasteiger partial charge in [-0.15, -0.1) is 0 Å². The molecule has 7 heteroatoms. The van der Waals surface area contributed by atoms with Crippen molar-refractivity contribution in [1.29, 1.82) is 0 Å². The van der Waals surface area contributed by atoms with Gasteiger partial charge in [0.15, 0.2) is 0 Å². The third kappa shape index (κ3) is 4.63. The predicted octanol–water partition coefficient (Wildman–Crippen LogP) is 3.20. The Balaban J connectivity index is 1.55. The summed E-state index contributed by atoms with van der Waals surface area (Å²) in [6.07, 6.45) is 1.64. The number of aryl methyl sites for hydroxylation is 2. The van der Waals surface area contributed by atoms with Gasteiger partial charge < -0.3 is 19.3 Å². The Morgan fingerprint density at radius 1 is 1.19 bits per heavy atom. The molecule has 0 radical (unpaired) electrons. The number of rotatable bonds is 7. The van der Waals surface area contributed by atoms with Gasteiger partial charge >= 0.3 is 0 Å². The topological polar surface area (TPSA) is 86.5 Å². The van der Waals surface area contributed by atoms with Gasteiger partial charge in [-0.3, -0.25) is 4.79 Å². The number of methoxy groups -OCH3 is 1. The van der Waals surface area contributed by atoms with E-state index in [0.717, 1.165) is 22.6 Å². The van der Waals surface area contributed by atoms with Gasteiger partial charge in [0.2, 0.25) is 5.88 Å². The molecule has 0 aliphatic rings. The Morgan fingerprint density at radius 3 is 2.63 bits per heavy atom. The van der Waals surface area contributed by atoms with Crippen LogP contribution in [0.4, 0.5) is 0 Å². The van der Waals surface area contributed by atoms with Crippen molar-refractivity contribution in [2.75, 3.05) is 7.11 Å². The minimum absolute atomic E-state index is 0.164. The number of hydrogen-bond donors (Lipinski definition) is 1. The van der Waals surface area contributed by atoms with E-state index in [4.69, 9.17) is 14.0 Å². The van der Waals surface area contributed by atoms with Crippen molar-refractivity contribution in [1.82, 2.24) is 15.5 Å². The van der Waals surface area contributed by atoms with Crippen LogP contribution in [0.2, 0.25) is 0 Å². The van der Waals surface area contributed by atoms with E-state index in [1.165, 1.54) is 0 Å². The van der Waals surface area contributed by atoms with E-state index >= 15 is 0 Å². The highest BCUT2D eigenvalue weighted by Crippen LogP contribution is 2.18. The molecule has 140 valence electrons. The Bertz CT molecular complexity index is 900. The van der Waals surface area contributed by atoms with Crippen LogP contribution < -0.4 is 14.8 Å². The average Bonchev–Trinajstić information content (AvgIpc) is 3.02. The molecule has 1 N–H and O–H groups in total. The number of benzene rings is 1. The molecule has 0 spiro atoms. The van der Waals surface area contributed by atoms with Crippen LogP contribution in [0.1, 0.15) is 32.9 Å². The van der Waals surface area contributed by atoms with E-state index in [1.807, 2.05) is 19.9 Å². The lowest BCUT2D eigenvalue weighted by Gasteiger charge is -2.08. The quantitative estimate of drug-likeness (QED) is 0.690. The summed E-state index contributed by atoms with van der Waals surface area (Å²) in [5.74, 6) is 1.77. The smallest absolute Gasteiger partial charge is 0.251 e. The summed E-state index contributed by atoms with van der Waals surface area (Å²) in [6.45, 7) is 4.49. The second-order valence-corrected chi connectivity index (χ2v) is 6.00. The molecule has 1 aromatic carbocycles. The van der Waals surface area contributed by atoms with Gasteiger partial charge in [-0.2, -0.15) is 0 Å². The molecule has 0 saturated heterocycles. The monoisotopic (exact) mass is 367 g/mol. The van der Waals surface area contributed by atoms with Crippen molar-refractivity contribution >= 4 is 5.91 Å². The maximum absolute atomic E-state index is 12.3. The van der Waals surface area contributed by atoms with E-state index in [9.17, 15) is 4.79 Å².